The Kier molecular flexibility index (Phi) is 2.27. The highest BCUT2D eigenvalue weighted by Gasteiger charge is 2.41. The molecule has 76 valence electrons. The highest BCUT2D eigenvalue weighted by molar-refractivity contribution is 5.23. The lowest BCUT2D eigenvalue weighted by molar-refractivity contribution is 0.00109. The van der Waals surface area contributed by atoms with Gasteiger partial charge in [0, 0.05) is 11.8 Å². The third-order valence-electron chi connectivity index (χ3n) is 3.25. The van der Waals surface area contributed by atoms with Gasteiger partial charge in [-0.1, -0.05) is 6.92 Å². The van der Waals surface area contributed by atoms with Crippen LogP contribution >= 0.6 is 0 Å². The summed E-state index contributed by atoms with van der Waals surface area (Å²) in [5.74, 6) is -0.275. The topological polar surface area (TPSA) is 33.1 Å². The maximum absolute atomic E-state index is 13.4. The Bertz CT molecular complexity index is 342. The first-order valence-corrected chi connectivity index (χ1v) is 4.97. The Morgan fingerprint density at radius 1 is 1.64 bits per heavy atom. The molecule has 0 radical (unpaired) electrons. The van der Waals surface area contributed by atoms with Gasteiger partial charge in [-0.25, -0.2) is 4.39 Å². The molecule has 0 saturated heterocycles. The van der Waals surface area contributed by atoms with Gasteiger partial charge in [0.1, 0.15) is 5.82 Å². The molecule has 0 bridgehead atoms. The Labute approximate surface area is 82.8 Å². The van der Waals surface area contributed by atoms with Gasteiger partial charge in [0.15, 0.2) is 0 Å². The molecule has 0 spiro atoms. The first-order valence-electron chi connectivity index (χ1n) is 4.97. The molecule has 1 aliphatic carbocycles. The molecule has 2 nitrogen and oxygen atoms in total. The summed E-state index contributed by atoms with van der Waals surface area (Å²) in [5.41, 5.74) is -0.579. The fourth-order valence-corrected chi connectivity index (χ4v) is 2.29. The second-order valence-corrected chi connectivity index (χ2v) is 4.07. The monoisotopic (exact) mass is 195 g/mol. The van der Waals surface area contributed by atoms with E-state index in [1.54, 1.807) is 6.07 Å². The third-order valence-corrected chi connectivity index (χ3v) is 3.25. The number of hydrogen-bond donors (Lipinski definition) is 1. The molecule has 1 fully saturated rings. The fraction of sp³-hybridized carbons (Fsp3) is 0.545. The molecule has 2 rings (SSSR count). The first kappa shape index (κ1) is 9.59. The van der Waals surface area contributed by atoms with E-state index in [0.717, 1.165) is 12.8 Å². The Hall–Kier alpha value is -0.960. The Morgan fingerprint density at radius 3 is 3.00 bits per heavy atom. The summed E-state index contributed by atoms with van der Waals surface area (Å²) in [7, 11) is 0. The van der Waals surface area contributed by atoms with Gasteiger partial charge in [-0.3, -0.25) is 4.98 Å². The summed E-state index contributed by atoms with van der Waals surface area (Å²) >= 11 is 0. The standard InChI is InChI=1S/C11H14FNO/c1-8-3-2-5-11(8,14)9-4-6-13-7-10(9)12/h4,6-8,14H,2-3,5H2,1H3. The molecule has 14 heavy (non-hydrogen) atoms. The van der Waals surface area contributed by atoms with E-state index in [9.17, 15) is 9.50 Å². The Balaban J connectivity index is 2.43. The summed E-state index contributed by atoms with van der Waals surface area (Å²) in [6, 6.07) is 1.58. The predicted octanol–water partition coefficient (Wildman–Crippen LogP) is 2.23. The minimum Gasteiger partial charge on any atom is -0.385 e. The molecule has 1 aliphatic rings. The fourth-order valence-electron chi connectivity index (χ4n) is 2.29. The van der Waals surface area contributed by atoms with E-state index in [1.807, 2.05) is 6.92 Å². The van der Waals surface area contributed by atoms with Crippen molar-refractivity contribution in [3.63, 3.8) is 0 Å². The van der Waals surface area contributed by atoms with Gasteiger partial charge < -0.3 is 5.11 Å². The van der Waals surface area contributed by atoms with Gasteiger partial charge in [0.2, 0.25) is 0 Å². The number of aliphatic hydroxyl groups is 1. The van der Waals surface area contributed by atoms with E-state index in [2.05, 4.69) is 4.98 Å². The quantitative estimate of drug-likeness (QED) is 0.745. The average molecular weight is 195 g/mol. The van der Waals surface area contributed by atoms with Crippen molar-refractivity contribution in [3.8, 4) is 0 Å². The van der Waals surface area contributed by atoms with Crippen molar-refractivity contribution in [2.24, 2.45) is 5.92 Å². The molecule has 1 aromatic heterocycles. The van der Waals surface area contributed by atoms with E-state index in [1.165, 1.54) is 12.4 Å². The second kappa shape index (κ2) is 3.31. The van der Waals surface area contributed by atoms with Crippen molar-refractivity contribution in [2.45, 2.75) is 31.8 Å². The molecular formula is C11H14FNO. The van der Waals surface area contributed by atoms with Crippen LogP contribution in [-0.2, 0) is 5.60 Å². The van der Waals surface area contributed by atoms with Crippen LogP contribution in [0.15, 0.2) is 18.5 Å². The zero-order valence-electron chi connectivity index (χ0n) is 8.20. The van der Waals surface area contributed by atoms with Crippen LogP contribution < -0.4 is 0 Å². The average Bonchev–Trinajstić information content (AvgIpc) is 2.49. The van der Waals surface area contributed by atoms with Gasteiger partial charge in [-0.2, -0.15) is 0 Å². The van der Waals surface area contributed by atoms with Gasteiger partial charge in [-0.05, 0) is 31.2 Å². The largest absolute Gasteiger partial charge is 0.385 e. The molecular weight excluding hydrogens is 181 g/mol. The predicted molar refractivity (Wildman–Crippen MR) is 51.1 cm³/mol. The first-order chi connectivity index (χ1) is 6.64. The number of rotatable bonds is 1. The third kappa shape index (κ3) is 1.32. The highest BCUT2D eigenvalue weighted by Crippen LogP contribution is 2.43. The van der Waals surface area contributed by atoms with Crippen LogP contribution in [0.1, 0.15) is 31.7 Å². The van der Waals surface area contributed by atoms with Crippen LogP contribution in [0.4, 0.5) is 4.39 Å². The molecule has 0 aliphatic heterocycles. The number of nitrogens with zero attached hydrogens (tertiary/aromatic N) is 1. The minimum absolute atomic E-state index is 0.124. The van der Waals surface area contributed by atoms with Gasteiger partial charge in [-0.15, -0.1) is 0 Å². The van der Waals surface area contributed by atoms with Crippen LogP contribution in [0.2, 0.25) is 0 Å². The van der Waals surface area contributed by atoms with Crippen molar-refractivity contribution in [1.82, 2.24) is 4.98 Å². The number of hydrogen-bond acceptors (Lipinski definition) is 2. The molecule has 1 aromatic rings. The highest BCUT2D eigenvalue weighted by atomic mass is 19.1. The SMILES string of the molecule is CC1CCCC1(O)c1ccncc1F. The van der Waals surface area contributed by atoms with Crippen molar-refractivity contribution in [2.75, 3.05) is 0 Å². The van der Waals surface area contributed by atoms with Crippen LogP contribution in [0.25, 0.3) is 0 Å². The van der Waals surface area contributed by atoms with Crippen molar-refractivity contribution in [3.05, 3.63) is 29.8 Å². The number of halogens is 1. The normalized spacial score (nSPS) is 32.1. The lowest BCUT2D eigenvalue weighted by atomic mass is 9.85. The van der Waals surface area contributed by atoms with Gasteiger partial charge >= 0.3 is 0 Å². The van der Waals surface area contributed by atoms with Crippen LogP contribution in [0, 0.1) is 11.7 Å². The molecule has 3 heteroatoms. The second-order valence-electron chi connectivity index (χ2n) is 4.07. The lowest BCUT2D eigenvalue weighted by Crippen LogP contribution is -2.29. The zero-order valence-corrected chi connectivity index (χ0v) is 8.20. The summed E-state index contributed by atoms with van der Waals surface area (Å²) in [4.78, 5) is 3.69. The summed E-state index contributed by atoms with van der Waals surface area (Å²) < 4.78 is 13.4. The minimum atomic E-state index is -0.979. The maximum Gasteiger partial charge on any atom is 0.147 e. The van der Waals surface area contributed by atoms with Crippen molar-refractivity contribution >= 4 is 0 Å². The van der Waals surface area contributed by atoms with E-state index >= 15 is 0 Å². The van der Waals surface area contributed by atoms with Crippen LogP contribution in [0.3, 0.4) is 0 Å². The lowest BCUT2D eigenvalue weighted by Gasteiger charge is -2.28. The summed E-state index contributed by atoms with van der Waals surface area (Å²) in [6.07, 6.45) is 5.26. The molecule has 1 heterocycles. The van der Waals surface area contributed by atoms with E-state index < -0.39 is 11.4 Å². The Morgan fingerprint density at radius 2 is 2.43 bits per heavy atom. The molecule has 2 atom stereocenters. The molecule has 0 aromatic carbocycles. The summed E-state index contributed by atoms with van der Waals surface area (Å²) in [6.45, 7) is 1.97. The molecule has 1 saturated carbocycles. The van der Waals surface area contributed by atoms with E-state index in [4.69, 9.17) is 0 Å². The van der Waals surface area contributed by atoms with Crippen LogP contribution in [0.5, 0.6) is 0 Å². The van der Waals surface area contributed by atoms with Crippen LogP contribution in [-0.4, -0.2) is 10.1 Å². The van der Waals surface area contributed by atoms with Crippen molar-refractivity contribution in [1.29, 1.82) is 0 Å². The molecule has 2 unspecified atom stereocenters. The number of pyridine rings is 1. The summed E-state index contributed by atoms with van der Waals surface area (Å²) in [5, 5.41) is 10.3. The van der Waals surface area contributed by atoms with Gasteiger partial charge in [0.25, 0.3) is 0 Å². The van der Waals surface area contributed by atoms with E-state index in [-0.39, 0.29) is 5.92 Å². The molecule has 0 amide bonds. The maximum atomic E-state index is 13.4. The smallest absolute Gasteiger partial charge is 0.147 e. The van der Waals surface area contributed by atoms with Crippen molar-refractivity contribution < 1.29 is 9.50 Å². The van der Waals surface area contributed by atoms with Gasteiger partial charge in [0.05, 0.1) is 11.8 Å². The number of aromatic nitrogens is 1. The van der Waals surface area contributed by atoms with E-state index in [0.29, 0.717) is 12.0 Å². The zero-order chi connectivity index (χ0) is 10.2. The molecule has 1 N–H and O–H groups in total.